The highest BCUT2D eigenvalue weighted by atomic mass is 16.2. The molecule has 1 aliphatic heterocycles. The van der Waals surface area contributed by atoms with Gasteiger partial charge in [0.15, 0.2) is 5.78 Å². The molecule has 138 valence electrons. The number of aryl methyl sites for hydroxylation is 1. The molecule has 1 aromatic carbocycles. The number of ketones is 1. The molecule has 5 nitrogen and oxygen atoms in total. The molecule has 2 N–H and O–H groups in total. The number of benzene rings is 1. The highest BCUT2D eigenvalue weighted by Crippen LogP contribution is 2.29. The van der Waals surface area contributed by atoms with E-state index < -0.39 is 0 Å². The Hall–Kier alpha value is -2.56. The number of aromatic amines is 1. The average Bonchev–Trinajstić information content (AvgIpc) is 2.99. The SMILES string of the molecule is CCc1c(C(=O)Nc2ccccc2N2CCCCC2)[nH]c(C)c1C(C)=O. The Bertz CT molecular complexity index is 817. The molecule has 0 spiro atoms. The van der Waals surface area contributed by atoms with Crippen molar-refractivity contribution in [2.45, 2.75) is 46.5 Å². The number of hydrogen-bond donors (Lipinski definition) is 2. The number of amides is 1. The summed E-state index contributed by atoms with van der Waals surface area (Å²) in [4.78, 5) is 30.3. The number of nitrogens with one attached hydrogen (secondary N) is 2. The van der Waals surface area contributed by atoms with Crippen LogP contribution in [0.2, 0.25) is 0 Å². The van der Waals surface area contributed by atoms with Gasteiger partial charge in [0, 0.05) is 24.3 Å². The fourth-order valence-corrected chi connectivity index (χ4v) is 3.88. The molecule has 1 aromatic heterocycles. The van der Waals surface area contributed by atoms with Crippen molar-refractivity contribution in [3.63, 3.8) is 0 Å². The van der Waals surface area contributed by atoms with Crippen molar-refractivity contribution >= 4 is 23.1 Å². The van der Waals surface area contributed by atoms with E-state index in [1.807, 2.05) is 32.0 Å². The van der Waals surface area contributed by atoms with E-state index in [1.54, 1.807) is 6.92 Å². The van der Waals surface area contributed by atoms with E-state index in [0.717, 1.165) is 35.7 Å². The van der Waals surface area contributed by atoms with Crippen LogP contribution in [0.15, 0.2) is 24.3 Å². The van der Waals surface area contributed by atoms with Crippen LogP contribution in [0.3, 0.4) is 0 Å². The lowest BCUT2D eigenvalue weighted by atomic mass is 10.0. The second-order valence-electron chi connectivity index (χ2n) is 6.91. The first-order chi connectivity index (χ1) is 12.5. The van der Waals surface area contributed by atoms with Gasteiger partial charge in [0.2, 0.25) is 0 Å². The fraction of sp³-hybridized carbons (Fsp3) is 0.429. The summed E-state index contributed by atoms with van der Waals surface area (Å²) in [5.74, 6) is -0.203. The van der Waals surface area contributed by atoms with Crippen molar-refractivity contribution in [1.82, 2.24) is 4.98 Å². The van der Waals surface area contributed by atoms with Gasteiger partial charge in [-0.2, -0.15) is 0 Å². The molecule has 3 rings (SSSR count). The van der Waals surface area contributed by atoms with Crippen LogP contribution in [0.4, 0.5) is 11.4 Å². The number of Topliss-reactive ketones (excluding diaryl/α,β-unsaturated/α-hetero) is 1. The molecule has 26 heavy (non-hydrogen) atoms. The Morgan fingerprint density at radius 1 is 1.15 bits per heavy atom. The molecule has 1 saturated heterocycles. The Balaban J connectivity index is 1.90. The van der Waals surface area contributed by atoms with E-state index in [-0.39, 0.29) is 11.7 Å². The smallest absolute Gasteiger partial charge is 0.272 e. The quantitative estimate of drug-likeness (QED) is 0.786. The lowest BCUT2D eigenvalue weighted by Gasteiger charge is -2.30. The van der Waals surface area contributed by atoms with Crippen LogP contribution >= 0.6 is 0 Å². The van der Waals surface area contributed by atoms with E-state index in [1.165, 1.54) is 19.3 Å². The third kappa shape index (κ3) is 3.52. The zero-order valence-corrected chi connectivity index (χ0v) is 15.8. The molecular formula is C21H27N3O2. The van der Waals surface area contributed by atoms with Gasteiger partial charge in [0.05, 0.1) is 11.4 Å². The number of carbonyl (C=O) groups is 2. The predicted molar refractivity (Wildman–Crippen MR) is 105 cm³/mol. The Labute approximate surface area is 154 Å². The summed E-state index contributed by atoms with van der Waals surface area (Å²) in [5.41, 5.74) is 4.56. The summed E-state index contributed by atoms with van der Waals surface area (Å²) < 4.78 is 0. The van der Waals surface area contributed by atoms with Gasteiger partial charge >= 0.3 is 0 Å². The minimum Gasteiger partial charge on any atom is -0.370 e. The predicted octanol–water partition coefficient (Wildman–Crippen LogP) is 4.33. The topological polar surface area (TPSA) is 65.2 Å². The zero-order valence-electron chi connectivity index (χ0n) is 15.8. The molecule has 0 saturated carbocycles. The zero-order chi connectivity index (χ0) is 18.7. The van der Waals surface area contributed by atoms with Gasteiger partial charge in [0.1, 0.15) is 5.69 Å². The van der Waals surface area contributed by atoms with Crippen LogP contribution in [0.1, 0.15) is 65.2 Å². The number of rotatable bonds is 5. The summed E-state index contributed by atoms with van der Waals surface area (Å²) in [5, 5.41) is 3.06. The molecule has 2 aromatic rings. The van der Waals surface area contributed by atoms with Crippen molar-refractivity contribution in [3.05, 3.63) is 46.8 Å². The average molecular weight is 353 g/mol. The second kappa shape index (κ2) is 7.77. The van der Waals surface area contributed by atoms with E-state index in [4.69, 9.17) is 0 Å². The van der Waals surface area contributed by atoms with Gasteiger partial charge in [-0.15, -0.1) is 0 Å². The van der Waals surface area contributed by atoms with Gasteiger partial charge in [-0.1, -0.05) is 19.1 Å². The van der Waals surface area contributed by atoms with Crippen LogP contribution in [0.5, 0.6) is 0 Å². The molecule has 5 heteroatoms. The molecule has 0 bridgehead atoms. The van der Waals surface area contributed by atoms with Crippen LogP contribution in [0, 0.1) is 6.92 Å². The number of nitrogens with zero attached hydrogens (tertiary/aromatic N) is 1. The van der Waals surface area contributed by atoms with Gasteiger partial charge in [0.25, 0.3) is 5.91 Å². The minimum atomic E-state index is -0.193. The molecule has 0 atom stereocenters. The maximum Gasteiger partial charge on any atom is 0.272 e. The maximum absolute atomic E-state index is 12.9. The summed E-state index contributed by atoms with van der Waals surface area (Å²) in [6.07, 6.45) is 4.26. The van der Waals surface area contributed by atoms with E-state index in [9.17, 15) is 9.59 Å². The maximum atomic E-state index is 12.9. The van der Waals surface area contributed by atoms with Gasteiger partial charge in [-0.25, -0.2) is 0 Å². The van der Waals surface area contributed by atoms with Gasteiger partial charge < -0.3 is 15.2 Å². The molecule has 0 radical (unpaired) electrons. The van der Waals surface area contributed by atoms with Crippen molar-refractivity contribution in [1.29, 1.82) is 0 Å². The first-order valence-electron chi connectivity index (χ1n) is 9.40. The first-order valence-corrected chi connectivity index (χ1v) is 9.40. The summed E-state index contributed by atoms with van der Waals surface area (Å²) in [6.45, 7) is 7.39. The third-order valence-electron chi connectivity index (χ3n) is 5.07. The first kappa shape index (κ1) is 18.2. The Morgan fingerprint density at radius 2 is 1.85 bits per heavy atom. The summed E-state index contributed by atoms with van der Waals surface area (Å²) in [7, 11) is 0. The number of aromatic nitrogens is 1. The van der Waals surface area contributed by atoms with E-state index in [2.05, 4.69) is 21.3 Å². The fourth-order valence-electron chi connectivity index (χ4n) is 3.88. The van der Waals surface area contributed by atoms with E-state index in [0.29, 0.717) is 17.7 Å². The standard InChI is InChI=1S/C21H27N3O2/c1-4-16-19(15(3)25)14(2)22-20(16)21(26)23-17-10-6-7-11-18(17)24-12-8-5-9-13-24/h6-7,10-11,22H,4-5,8-9,12-13H2,1-3H3,(H,23,26). The lowest BCUT2D eigenvalue weighted by Crippen LogP contribution is -2.30. The van der Waals surface area contributed by atoms with E-state index >= 15 is 0 Å². The highest BCUT2D eigenvalue weighted by molar-refractivity contribution is 6.08. The Morgan fingerprint density at radius 3 is 2.50 bits per heavy atom. The molecular weight excluding hydrogens is 326 g/mol. The number of para-hydroxylation sites is 2. The Kier molecular flexibility index (Phi) is 5.45. The number of H-pyrrole nitrogens is 1. The number of carbonyl (C=O) groups excluding carboxylic acids is 2. The van der Waals surface area contributed by atoms with Crippen molar-refractivity contribution in [2.24, 2.45) is 0 Å². The molecule has 2 heterocycles. The second-order valence-corrected chi connectivity index (χ2v) is 6.91. The van der Waals surface area contributed by atoms with Crippen molar-refractivity contribution < 1.29 is 9.59 Å². The minimum absolute atomic E-state index is 0.0108. The third-order valence-corrected chi connectivity index (χ3v) is 5.07. The van der Waals surface area contributed by atoms with Gasteiger partial charge in [-0.05, 0) is 57.2 Å². The summed E-state index contributed by atoms with van der Waals surface area (Å²) in [6, 6.07) is 7.94. The van der Waals surface area contributed by atoms with Gasteiger partial charge in [-0.3, -0.25) is 9.59 Å². The van der Waals surface area contributed by atoms with Crippen LogP contribution in [0.25, 0.3) is 0 Å². The van der Waals surface area contributed by atoms with Crippen molar-refractivity contribution in [2.75, 3.05) is 23.3 Å². The molecule has 1 aliphatic rings. The normalized spacial score (nSPS) is 14.3. The molecule has 0 unspecified atom stereocenters. The molecule has 0 aliphatic carbocycles. The van der Waals surface area contributed by atoms with Crippen LogP contribution in [-0.2, 0) is 6.42 Å². The van der Waals surface area contributed by atoms with Crippen molar-refractivity contribution in [3.8, 4) is 0 Å². The number of anilines is 2. The lowest BCUT2D eigenvalue weighted by molar-refractivity contribution is 0.101. The number of hydrogen-bond acceptors (Lipinski definition) is 3. The molecule has 1 fully saturated rings. The van der Waals surface area contributed by atoms with Crippen LogP contribution < -0.4 is 10.2 Å². The largest absolute Gasteiger partial charge is 0.370 e. The van der Waals surface area contributed by atoms with Crippen LogP contribution in [-0.4, -0.2) is 29.8 Å². The highest BCUT2D eigenvalue weighted by Gasteiger charge is 2.23. The monoisotopic (exact) mass is 353 g/mol. The number of piperidine rings is 1. The molecule has 1 amide bonds. The summed E-state index contributed by atoms with van der Waals surface area (Å²) >= 11 is 0.